The van der Waals surface area contributed by atoms with Crippen LogP contribution in [0.3, 0.4) is 0 Å². The average Bonchev–Trinajstić information content (AvgIpc) is 3.79. The number of nitrogens with one attached hydrogen (secondary N) is 2. The normalized spacial score (nSPS) is 14.4. The number of aromatic nitrogens is 3. The summed E-state index contributed by atoms with van der Waals surface area (Å²) in [4.78, 5) is 52.4. The summed E-state index contributed by atoms with van der Waals surface area (Å²) in [6.07, 6.45) is -0.324. The number of hydroxylamine groups is 1. The van der Waals surface area contributed by atoms with E-state index in [2.05, 4.69) is 42.2 Å². The van der Waals surface area contributed by atoms with Gasteiger partial charge in [0, 0.05) is 69.0 Å². The minimum Gasteiger partial charge on any atom is -0.497 e. The van der Waals surface area contributed by atoms with Crippen molar-refractivity contribution in [2.45, 2.75) is 72.6 Å². The molecule has 3 N–H and O–H groups in total. The molecule has 18 heteroatoms. The Morgan fingerprint density at radius 3 is 1.48 bits per heavy atom. The van der Waals surface area contributed by atoms with Gasteiger partial charge < -0.3 is 38.5 Å². The maximum Gasteiger partial charge on any atom is 0.357 e. The second-order valence-corrected chi connectivity index (χ2v) is 16.2. The molecule has 0 bridgehead atoms. The molecule has 8 rings (SSSR count). The Balaban J connectivity index is 0.000000169. The van der Waals surface area contributed by atoms with Crippen molar-refractivity contribution in [1.29, 1.82) is 0 Å². The van der Waals surface area contributed by atoms with Crippen molar-refractivity contribution in [1.82, 2.24) is 35.5 Å². The fraction of sp³-hybridized carbons (Fsp3) is 0.388. The van der Waals surface area contributed by atoms with E-state index < -0.39 is 17.8 Å². The molecule has 0 unspecified atom stereocenters. The smallest absolute Gasteiger partial charge is 0.357 e. The molecule has 356 valence electrons. The summed E-state index contributed by atoms with van der Waals surface area (Å²) >= 11 is 0. The highest BCUT2D eigenvalue weighted by molar-refractivity contribution is 5.91. The molecule has 0 saturated heterocycles. The van der Waals surface area contributed by atoms with Crippen molar-refractivity contribution < 1.29 is 52.7 Å². The number of ether oxygens (including phenoxy) is 7. The number of amides is 1. The van der Waals surface area contributed by atoms with Crippen molar-refractivity contribution in [3.8, 4) is 29.1 Å². The molecule has 5 aromatic rings. The van der Waals surface area contributed by atoms with Crippen molar-refractivity contribution in [3.63, 3.8) is 0 Å². The maximum absolute atomic E-state index is 12.0. The minimum atomic E-state index is -0.652. The molecule has 67 heavy (non-hydrogen) atoms. The predicted octanol–water partition coefficient (Wildman–Crippen LogP) is 5.78. The van der Waals surface area contributed by atoms with Crippen LogP contribution in [0.25, 0.3) is 0 Å². The third-order valence-corrected chi connectivity index (χ3v) is 10.3. The number of benzene rings is 2. The number of pyridine rings is 3. The molecular formula is C49H59N7O11. The zero-order chi connectivity index (χ0) is 47.7. The third kappa shape index (κ3) is 14.8. The number of hydrogen-bond donors (Lipinski definition) is 3. The minimum absolute atomic E-state index is 0.125. The monoisotopic (exact) mass is 921 g/mol. The lowest BCUT2D eigenvalue weighted by Gasteiger charge is -2.19. The van der Waals surface area contributed by atoms with Gasteiger partial charge in [0.05, 0.1) is 26.4 Å². The van der Waals surface area contributed by atoms with Crippen LogP contribution >= 0.6 is 0 Å². The van der Waals surface area contributed by atoms with E-state index in [1.54, 1.807) is 44.0 Å². The summed E-state index contributed by atoms with van der Waals surface area (Å²) in [5.74, 6) is 1.67. The lowest BCUT2D eigenvalue weighted by molar-refractivity contribution is 0.0359. The van der Waals surface area contributed by atoms with Gasteiger partial charge in [-0.2, -0.15) is 0 Å². The van der Waals surface area contributed by atoms with Gasteiger partial charge in [0.25, 0.3) is 5.91 Å². The van der Waals surface area contributed by atoms with E-state index in [1.807, 2.05) is 76.2 Å². The Morgan fingerprint density at radius 1 is 0.612 bits per heavy atom. The van der Waals surface area contributed by atoms with Crippen LogP contribution in [0.5, 0.6) is 29.1 Å². The van der Waals surface area contributed by atoms with Crippen molar-refractivity contribution in [2.75, 3.05) is 53.7 Å². The van der Waals surface area contributed by atoms with Crippen LogP contribution in [0.4, 0.5) is 0 Å². The Kier molecular flexibility index (Phi) is 18.2. The largest absolute Gasteiger partial charge is 0.497 e. The maximum atomic E-state index is 12.0. The van der Waals surface area contributed by atoms with E-state index in [1.165, 1.54) is 11.1 Å². The van der Waals surface area contributed by atoms with Gasteiger partial charge >= 0.3 is 11.9 Å². The van der Waals surface area contributed by atoms with Crippen molar-refractivity contribution >= 4 is 17.8 Å². The van der Waals surface area contributed by atoms with Gasteiger partial charge in [-0.05, 0) is 99.5 Å². The first-order valence-electron chi connectivity index (χ1n) is 22.1. The summed E-state index contributed by atoms with van der Waals surface area (Å²) in [6.45, 7) is 14.8. The molecule has 3 aromatic heterocycles. The van der Waals surface area contributed by atoms with Crippen molar-refractivity contribution in [3.05, 3.63) is 130 Å². The number of carbonyl (C=O) groups excluding carboxylic acids is 3. The van der Waals surface area contributed by atoms with E-state index >= 15 is 0 Å². The fourth-order valence-corrected chi connectivity index (χ4v) is 6.99. The Labute approximate surface area is 390 Å². The summed E-state index contributed by atoms with van der Waals surface area (Å²) in [6, 6.07) is 26.5. The number of carbonyl (C=O) groups is 3. The molecule has 0 atom stereocenters. The topological polar surface area (TPSA) is 205 Å². The first-order valence-corrected chi connectivity index (χ1v) is 22.1. The summed E-state index contributed by atoms with van der Waals surface area (Å²) in [5, 5.41) is 11.9. The number of esters is 2. The van der Waals surface area contributed by atoms with Crippen molar-refractivity contribution in [2.24, 2.45) is 0 Å². The zero-order valence-electron chi connectivity index (χ0n) is 38.8. The number of methoxy groups -OCH3 is 2. The van der Waals surface area contributed by atoms with Crippen LogP contribution in [0.2, 0.25) is 0 Å². The van der Waals surface area contributed by atoms with Crippen LogP contribution in [0, 0.1) is 0 Å². The molecule has 6 heterocycles. The highest BCUT2D eigenvalue weighted by atomic mass is 16.5. The first-order chi connectivity index (χ1) is 32.4. The number of fused-ring (bicyclic) bond motifs is 3. The van der Waals surface area contributed by atoms with Crippen LogP contribution in [-0.2, 0) is 42.2 Å². The Morgan fingerprint density at radius 2 is 1.03 bits per heavy atom. The summed E-state index contributed by atoms with van der Waals surface area (Å²) in [7, 11) is 3.31. The van der Waals surface area contributed by atoms with Gasteiger partial charge in [-0.3, -0.25) is 19.8 Å². The third-order valence-electron chi connectivity index (χ3n) is 10.3. The van der Waals surface area contributed by atoms with Crippen LogP contribution < -0.4 is 34.5 Å². The highest BCUT2D eigenvalue weighted by Crippen LogP contribution is 2.25. The van der Waals surface area contributed by atoms with Crippen LogP contribution in [-0.4, -0.2) is 114 Å². The molecule has 0 saturated carbocycles. The molecule has 3 aliphatic heterocycles. The van der Waals surface area contributed by atoms with Gasteiger partial charge in [0.2, 0.25) is 17.6 Å². The zero-order valence-corrected chi connectivity index (χ0v) is 38.8. The molecule has 2 aromatic carbocycles. The van der Waals surface area contributed by atoms with E-state index in [4.69, 9.17) is 38.4 Å². The highest BCUT2D eigenvalue weighted by Gasteiger charge is 2.22. The van der Waals surface area contributed by atoms with E-state index in [0.29, 0.717) is 62.8 Å². The molecule has 18 nitrogen and oxygen atoms in total. The van der Waals surface area contributed by atoms with Gasteiger partial charge in [-0.15, -0.1) is 0 Å². The van der Waals surface area contributed by atoms with Crippen LogP contribution in [0.1, 0.15) is 87.0 Å². The fourth-order valence-electron chi connectivity index (χ4n) is 6.99. The molecule has 1 amide bonds. The standard InChI is InChI=1S/C20H24N2O4.C17H19N3O4.C12H16N2O3/c1-14(2)26-20(23)18-9-6-16-13-22(10-11-25-19(16)21-18)12-15-4-7-17(24-3)8-5-15;1-23-14-5-2-12(3-6-14)10-20-8-9-24-17-13(11-20)4-7-15(18-17)16(21)19-22;1-8(2)17-12(15)10-4-3-9-7-13-5-6-16-11(9)14-10/h4-9,14H,10-13H2,1-3H3;2-7,22H,8-11H2,1H3,(H,19,21);3-4,8,13H,5-7H2,1-2H3. The Hall–Kier alpha value is -6.86. The van der Waals surface area contributed by atoms with Crippen LogP contribution in [0.15, 0.2) is 84.9 Å². The molecular weight excluding hydrogens is 863 g/mol. The molecule has 0 fully saturated rings. The molecule has 0 spiro atoms. The predicted molar refractivity (Wildman–Crippen MR) is 245 cm³/mol. The van der Waals surface area contributed by atoms with Gasteiger partial charge in [-0.1, -0.05) is 24.3 Å². The second-order valence-electron chi connectivity index (χ2n) is 16.2. The molecule has 3 aliphatic rings. The Bertz CT molecular complexity index is 2420. The van der Waals surface area contributed by atoms with E-state index in [0.717, 1.165) is 60.9 Å². The lowest BCUT2D eigenvalue weighted by atomic mass is 10.1. The van der Waals surface area contributed by atoms with Gasteiger partial charge in [-0.25, -0.2) is 30.0 Å². The summed E-state index contributed by atoms with van der Waals surface area (Å²) < 4.78 is 37.5. The lowest BCUT2D eigenvalue weighted by Crippen LogP contribution is -2.25. The second kappa shape index (κ2) is 24.6. The number of hydrogen-bond acceptors (Lipinski definition) is 17. The average molecular weight is 922 g/mol. The number of nitrogens with zero attached hydrogens (tertiary/aromatic N) is 5. The van der Waals surface area contributed by atoms with E-state index in [9.17, 15) is 14.4 Å². The molecule has 0 aliphatic carbocycles. The first kappa shape index (κ1) is 49.6. The van der Waals surface area contributed by atoms with Gasteiger partial charge in [0.15, 0.2) is 11.4 Å². The quantitative estimate of drug-likeness (QED) is 0.0816. The molecule has 0 radical (unpaired) electrons. The SMILES string of the molecule is CC(C)OC(=O)c1ccc2c(n1)OCCNC2.COc1ccc(CN2CCOc3nc(C(=O)NO)ccc3C2)cc1.COc1ccc(CN2CCOc3nc(C(=O)OC(C)C)ccc3C2)cc1. The number of rotatable bonds is 11. The van der Waals surface area contributed by atoms with Gasteiger partial charge in [0.1, 0.15) is 37.0 Å². The van der Waals surface area contributed by atoms with E-state index in [-0.39, 0.29) is 23.6 Å². The summed E-state index contributed by atoms with van der Waals surface area (Å²) in [5.41, 5.74) is 7.51.